The quantitative estimate of drug-likeness (QED) is 0.839. The fraction of sp³-hybridized carbons (Fsp3) is 0.350. The number of carbonyl (C=O) groups excluding carboxylic acids is 1. The van der Waals surface area contributed by atoms with E-state index in [1.54, 1.807) is 14.2 Å². The highest BCUT2D eigenvalue weighted by Gasteiger charge is 2.32. The first-order chi connectivity index (χ1) is 12.1. The second kappa shape index (κ2) is 7.57. The Bertz CT molecular complexity index is 711. The van der Waals surface area contributed by atoms with Crippen molar-refractivity contribution >= 4 is 11.6 Å². The van der Waals surface area contributed by atoms with E-state index in [1.165, 1.54) is 5.56 Å². The van der Waals surface area contributed by atoms with Gasteiger partial charge in [-0.1, -0.05) is 30.3 Å². The van der Waals surface area contributed by atoms with Gasteiger partial charge in [-0.25, -0.2) is 0 Å². The van der Waals surface area contributed by atoms with Crippen molar-refractivity contribution in [1.82, 2.24) is 4.90 Å². The zero-order valence-electron chi connectivity index (χ0n) is 14.9. The molecule has 0 spiro atoms. The third-order valence-electron chi connectivity index (χ3n) is 4.66. The number of methoxy groups -OCH3 is 2. The minimum absolute atomic E-state index is 0.0949. The number of nitrogens with zero attached hydrogens (tertiary/aromatic N) is 2. The van der Waals surface area contributed by atoms with Crippen molar-refractivity contribution in [1.29, 1.82) is 0 Å². The lowest BCUT2D eigenvalue weighted by molar-refractivity contribution is -0.125. The molecule has 3 rings (SSSR count). The Morgan fingerprint density at radius 1 is 1.00 bits per heavy atom. The van der Waals surface area contributed by atoms with Crippen LogP contribution in [-0.4, -0.2) is 44.2 Å². The highest BCUT2D eigenvalue weighted by atomic mass is 16.5. The summed E-state index contributed by atoms with van der Waals surface area (Å²) in [4.78, 5) is 17.0. The monoisotopic (exact) mass is 340 g/mol. The van der Waals surface area contributed by atoms with E-state index in [1.807, 2.05) is 48.2 Å². The molecule has 1 aliphatic heterocycles. The Morgan fingerprint density at radius 3 is 2.24 bits per heavy atom. The SMILES string of the molecule is COc1cc(OC)cc(N2CCN(Cc3ccccc3)[C@@H](C)C2=O)c1. The molecule has 1 aliphatic rings. The standard InChI is InChI=1S/C20H24N2O3/c1-15-20(23)22(17-11-18(24-2)13-19(12-17)25-3)10-9-21(15)14-16-7-5-4-6-8-16/h4-8,11-13,15H,9-10,14H2,1-3H3/t15-/m0/s1. The molecule has 0 radical (unpaired) electrons. The maximum Gasteiger partial charge on any atom is 0.244 e. The summed E-state index contributed by atoms with van der Waals surface area (Å²) in [5.74, 6) is 1.46. The smallest absolute Gasteiger partial charge is 0.244 e. The van der Waals surface area contributed by atoms with Crippen LogP contribution in [0.4, 0.5) is 5.69 Å². The van der Waals surface area contributed by atoms with E-state index in [4.69, 9.17) is 9.47 Å². The molecule has 2 aromatic rings. The third kappa shape index (κ3) is 3.77. The average molecular weight is 340 g/mol. The van der Waals surface area contributed by atoms with E-state index >= 15 is 0 Å². The van der Waals surface area contributed by atoms with E-state index < -0.39 is 0 Å². The molecule has 1 heterocycles. The fourth-order valence-corrected chi connectivity index (χ4v) is 3.15. The lowest BCUT2D eigenvalue weighted by Crippen LogP contribution is -2.55. The van der Waals surface area contributed by atoms with Crippen LogP contribution in [0.2, 0.25) is 0 Å². The normalized spacial score (nSPS) is 18.3. The minimum atomic E-state index is -0.175. The minimum Gasteiger partial charge on any atom is -0.497 e. The van der Waals surface area contributed by atoms with Crippen molar-refractivity contribution in [2.24, 2.45) is 0 Å². The van der Waals surface area contributed by atoms with Gasteiger partial charge in [0.15, 0.2) is 0 Å². The van der Waals surface area contributed by atoms with Crippen LogP contribution in [0, 0.1) is 0 Å². The Balaban J connectivity index is 1.77. The summed E-state index contributed by atoms with van der Waals surface area (Å²) in [5, 5.41) is 0. The van der Waals surface area contributed by atoms with E-state index in [-0.39, 0.29) is 11.9 Å². The summed E-state index contributed by atoms with van der Waals surface area (Å²) in [6, 6.07) is 15.6. The van der Waals surface area contributed by atoms with Crippen molar-refractivity contribution in [2.75, 3.05) is 32.2 Å². The Hall–Kier alpha value is -2.53. The van der Waals surface area contributed by atoms with Crippen molar-refractivity contribution < 1.29 is 14.3 Å². The lowest BCUT2D eigenvalue weighted by atomic mass is 10.1. The van der Waals surface area contributed by atoms with Gasteiger partial charge in [0.1, 0.15) is 11.5 Å². The Morgan fingerprint density at radius 2 is 1.64 bits per heavy atom. The van der Waals surface area contributed by atoms with Crippen molar-refractivity contribution in [3.8, 4) is 11.5 Å². The molecule has 1 fully saturated rings. The van der Waals surface area contributed by atoms with Gasteiger partial charge in [0.05, 0.1) is 25.9 Å². The van der Waals surface area contributed by atoms with Crippen LogP contribution >= 0.6 is 0 Å². The molecule has 2 aromatic carbocycles. The van der Waals surface area contributed by atoms with Gasteiger partial charge < -0.3 is 14.4 Å². The highest BCUT2D eigenvalue weighted by Crippen LogP contribution is 2.30. The predicted molar refractivity (Wildman–Crippen MR) is 98.2 cm³/mol. The topological polar surface area (TPSA) is 42.0 Å². The van der Waals surface area contributed by atoms with Gasteiger partial charge >= 0.3 is 0 Å². The number of hydrogen-bond acceptors (Lipinski definition) is 4. The molecule has 25 heavy (non-hydrogen) atoms. The van der Waals surface area contributed by atoms with E-state index in [0.29, 0.717) is 18.0 Å². The second-order valence-corrected chi connectivity index (χ2v) is 6.19. The van der Waals surface area contributed by atoms with Crippen molar-refractivity contribution in [3.05, 3.63) is 54.1 Å². The molecule has 0 aliphatic carbocycles. The number of ether oxygens (including phenoxy) is 2. The second-order valence-electron chi connectivity index (χ2n) is 6.19. The van der Waals surface area contributed by atoms with E-state index in [2.05, 4.69) is 17.0 Å². The van der Waals surface area contributed by atoms with Gasteiger partial charge in [0.2, 0.25) is 5.91 Å². The molecule has 1 amide bonds. The van der Waals surface area contributed by atoms with Crippen molar-refractivity contribution in [3.63, 3.8) is 0 Å². The maximum atomic E-state index is 12.9. The zero-order chi connectivity index (χ0) is 17.8. The molecule has 1 atom stereocenters. The number of anilines is 1. The predicted octanol–water partition coefficient (Wildman–Crippen LogP) is 2.94. The first kappa shape index (κ1) is 17.3. The van der Waals surface area contributed by atoms with Crippen LogP contribution < -0.4 is 14.4 Å². The summed E-state index contributed by atoms with van der Waals surface area (Å²) in [6.07, 6.45) is 0. The molecular formula is C20H24N2O3. The Kier molecular flexibility index (Phi) is 5.24. The summed E-state index contributed by atoms with van der Waals surface area (Å²) < 4.78 is 10.6. The highest BCUT2D eigenvalue weighted by molar-refractivity contribution is 5.98. The number of rotatable bonds is 5. The van der Waals surface area contributed by atoms with Gasteiger partial charge in [-0.2, -0.15) is 0 Å². The molecule has 132 valence electrons. The molecule has 0 bridgehead atoms. The first-order valence-electron chi connectivity index (χ1n) is 8.45. The van der Waals surface area contributed by atoms with Crippen LogP contribution in [0.25, 0.3) is 0 Å². The molecule has 5 heteroatoms. The van der Waals surface area contributed by atoms with Crippen molar-refractivity contribution in [2.45, 2.75) is 19.5 Å². The third-order valence-corrected chi connectivity index (χ3v) is 4.66. The molecule has 0 saturated carbocycles. The van der Waals surface area contributed by atoms with Gasteiger partial charge in [-0.05, 0) is 12.5 Å². The largest absolute Gasteiger partial charge is 0.497 e. The molecule has 5 nitrogen and oxygen atoms in total. The lowest BCUT2D eigenvalue weighted by Gasteiger charge is -2.39. The molecule has 1 saturated heterocycles. The molecule has 0 aromatic heterocycles. The number of hydrogen-bond donors (Lipinski definition) is 0. The average Bonchev–Trinajstić information content (AvgIpc) is 2.66. The molecular weight excluding hydrogens is 316 g/mol. The zero-order valence-corrected chi connectivity index (χ0v) is 14.9. The summed E-state index contributed by atoms with van der Waals surface area (Å²) >= 11 is 0. The van der Waals surface area contributed by atoms with Gasteiger partial charge in [0, 0.05) is 37.8 Å². The van der Waals surface area contributed by atoms with Crippen LogP contribution in [0.15, 0.2) is 48.5 Å². The van der Waals surface area contributed by atoms with Gasteiger partial charge in [-0.3, -0.25) is 9.69 Å². The maximum absolute atomic E-state index is 12.9. The van der Waals surface area contributed by atoms with Gasteiger partial charge in [-0.15, -0.1) is 0 Å². The first-order valence-corrected chi connectivity index (χ1v) is 8.45. The number of piperazine rings is 1. The summed E-state index contributed by atoms with van der Waals surface area (Å²) in [7, 11) is 3.22. The molecule has 0 unspecified atom stereocenters. The Labute approximate surface area is 148 Å². The number of benzene rings is 2. The summed E-state index contributed by atoms with van der Waals surface area (Å²) in [5.41, 5.74) is 2.03. The van der Waals surface area contributed by atoms with Crippen LogP contribution in [0.3, 0.4) is 0 Å². The van der Waals surface area contributed by atoms with Crippen LogP contribution in [0.5, 0.6) is 11.5 Å². The van der Waals surface area contributed by atoms with Gasteiger partial charge in [0.25, 0.3) is 0 Å². The summed E-state index contributed by atoms with van der Waals surface area (Å²) in [6.45, 7) is 4.21. The van der Waals surface area contributed by atoms with Crippen LogP contribution in [0.1, 0.15) is 12.5 Å². The fourth-order valence-electron chi connectivity index (χ4n) is 3.15. The van der Waals surface area contributed by atoms with Crippen LogP contribution in [-0.2, 0) is 11.3 Å². The molecule has 0 N–H and O–H groups in total. The van der Waals surface area contributed by atoms with E-state index in [9.17, 15) is 4.79 Å². The number of carbonyl (C=O) groups is 1. The number of amides is 1. The van der Waals surface area contributed by atoms with E-state index in [0.717, 1.165) is 18.8 Å².